The van der Waals surface area contributed by atoms with Crippen LogP contribution in [0, 0.1) is 5.92 Å². The van der Waals surface area contributed by atoms with Crippen molar-refractivity contribution in [2.75, 3.05) is 23.3 Å². The van der Waals surface area contributed by atoms with Crippen molar-refractivity contribution in [2.45, 2.75) is 39.2 Å². The molecule has 6 nitrogen and oxygen atoms in total. The Hall–Kier alpha value is -2.51. The first-order chi connectivity index (χ1) is 13.9. The van der Waals surface area contributed by atoms with E-state index < -0.39 is 0 Å². The third-order valence-corrected chi connectivity index (χ3v) is 6.66. The van der Waals surface area contributed by atoms with E-state index in [2.05, 4.69) is 47.0 Å². The molecule has 1 amide bonds. The molecule has 3 N–H and O–H groups in total. The molecule has 29 heavy (non-hydrogen) atoms. The number of aromatic nitrogens is 2. The van der Waals surface area contributed by atoms with Gasteiger partial charge < -0.3 is 16.0 Å². The Labute approximate surface area is 175 Å². The van der Waals surface area contributed by atoms with E-state index in [1.807, 2.05) is 12.1 Å². The molecule has 4 rings (SSSR count). The van der Waals surface area contributed by atoms with Crippen LogP contribution in [0.15, 0.2) is 36.7 Å². The maximum Gasteiger partial charge on any atom is 0.274 e. The first-order valence-electron chi connectivity index (χ1n) is 10.1. The number of nitrogens with two attached hydrogens (primary N) is 1. The standard InChI is InChI=1S/C22H27N5OS/c1-13(2)21-9-17-20(29-21)5-4-16(25-17)22(28)26-18-10-24-7-6-19(18)27-11-14(3)8-15(23)12-27/h4-7,9-10,13-15H,8,11-12,23H2,1-3H3,(H,26,28). The highest BCUT2D eigenvalue weighted by Crippen LogP contribution is 2.31. The summed E-state index contributed by atoms with van der Waals surface area (Å²) < 4.78 is 1.10. The summed E-state index contributed by atoms with van der Waals surface area (Å²) in [6.07, 6.45) is 4.46. The number of nitrogens with one attached hydrogen (secondary N) is 1. The van der Waals surface area contributed by atoms with Gasteiger partial charge in [-0.2, -0.15) is 0 Å². The minimum atomic E-state index is -0.229. The van der Waals surface area contributed by atoms with Gasteiger partial charge in [-0.3, -0.25) is 9.78 Å². The Bertz CT molecular complexity index is 1020. The molecule has 0 aromatic carbocycles. The molecule has 1 aliphatic rings. The zero-order valence-corrected chi connectivity index (χ0v) is 17.9. The fraction of sp³-hybridized carbons (Fsp3) is 0.409. The van der Waals surface area contributed by atoms with Crippen LogP contribution in [0.4, 0.5) is 11.4 Å². The van der Waals surface area contributed by atoms with Crippen LogP contribution in [0.25, 0.3) is 10.2 Å². The zero-order valence-electron chi connectivity index (χ0n) is 17.1. The van der Waals surface area contributed by atoms with Crippen molar-refractivity contribution >= 4 is 38.8 Å². The van der Waals surface area contributed by atoms with Crippen molar-refractivity contribution in [1.29, 1.82) is 0 Å². The van der Waals surface area contributed by atoms with Crippen LogP contribution in [-0.4, -0.2) is 35.0 Å². The number of rotatable bonds is 4. The van der Waals surface area contributed by atoms with Crippen LogP contribution in [0.5, 0.6) is 0 Å². The average Bonchev–Trinajstić information content (AvgIpc) is 3.11. The number of carbonyl (C=O) groups excluding carboxylic acids is 1. The molecular weight excluding hydrogens is 382 g/mol. The molecule has 0 bridgehead atoms. The second kappa shape index (κ2) is 8.08. The van der Waals surface area contributed by atoms with E-state index in [0.29, 0.717) is 23.2 Å². The molecule has 0 radical (unpaired) electrons. The maximum atomic E-state index is 12.9. The average molecular weight is 410 g/mol. The van der Waals surface area contributed by atoms with Gasteiger partial charge in [0, 0.05) is 30.2 Å². The van der Waals surface area contributed by atoms with Gasteiger partial charge in [0.15, 0.2) is 0 Å². The van der Waals surface area contributed by atoms with Gasteiger partial charge in [-0.15, -0.1) is 11.3 Å². The van der Waals surface area contributed by atoms with Gasteiger partial charge in [0.1, 0.15) is 5.69 Å². The van der Waals surface area contributed by atoms with Crippen molar-refractivity contribution in [3.63, 3.8) is 0 Å². The minimum Gasteiger partial charge on any atom is -0.368 e. The van der Waals surface area contributed by atoms with E-state index in [0.717, 1.165) is 35.4 Å². The van der Waals surface area contributed by atoms with E-state index in [1.165, 1.54) is 4.88 Å². The van der Waals surface area contributed by atoms with Crippen molar-refractivity contribution in [2.24, 2.45) is 11.7 Å². The lowest BCUT2D eigenvalue weighted by molar-refractivity contribution is 0.102. The molecular formula is C22H27N5OS. The van der Waals surface area contributed by atoms with Crippen LogP contribution in [-0.2, 0) is 0 Å². The third-order valence-electron chi connectivity index (χ3n) is 5.27. The number of fused-ring (bicyclic) bond motifs is 1. The fourth-order valence-electron chi connectivity index (χ4n) is 3.90. The van der Waals surface area contributed by atoms with Gasteiger partial charge in [0.25, 0.3) is 5.91 Å². The first kappa shape index (κ1) is 19.8. The number of anilines is 2. The van der Waals surface area contributed by atoms with Gasteiger partial charge in [0.05, 0.1) is 27.8 Å². The second-order valence-electron chi connectivity index (χ2n) is 8.24. The molecule has 0 aliphatic carbocycles. The van der Waals surface area contributed by atoms with Crippen molar-refractivity contribution in [3.8, 4) is 0 Å². The van der Waals surface area contributed by atoms with Gasteiger partial charge in [-0.05, 0) is 42.5 Å². The quantitative estimate of drug-likeness (QED) is 0.673. The number of pyridine rings is 2. The smallest absolute Gasteiger partial charge is 0.274 e. The number of piperidine rings is 1. The lowest BCUT2D eigenvalue weighted by Crippen LogP contribution is -2.46. The lowest BCUT2D eigenvalue weighted by atomic mass is 9.96. The summed E-state index contributed by atoms with van der Waals surface area (Å²) in [5.41, 5.74) is 9.13. The Morgan fingerprint density at radius 1 is 1.31 bits per heavy atom. The summed E-state index contributed by atoms with van der Waals surface area (Å²) in [6, 6.07) is 7.91. The summed E-state index contributed by atoms with van der Waals surface area (Å²) in [5, 5.41) is 3.01. The molecule has 1 saturated heterocycles. The second-order valence-corrected chi connectivity index (χ2v) is 9.35. The van der Waals surface area contributed by atoms with E-state index >= 15 is 0 Å². The Balaban J connectivity index is 1.58. The lowest BCUT2D eigenvalue weighted by Gasteiger charge is -2.37. The van der Waals surface area contributed by atoms with Crippen LogP contribution < -0.4 is 16.0 Å². The summed E-state index contributed by atoms with van der Waals surface area (Å²) in [4.78, 5) is 25.2. The number of hydrogen-bond acceptors (Lipinski definition) is 6. The van der Waals surface area contributed by atoms with E-state index in [4.69, 9.17) is 5.73 Å². The molecule has 7 heteroatoms. The molecule has 2 atom stereocenters. The molecule has 0 spiro atoms. The highest BCUT2D eigenvalue weighted by molar-refractivity contribution is 7.19. The van der Waals surface area contributed by atoms with Crippen molar-refractivity contribution in [1.82, 2.24) is 9.97 Å². The number of carbonyl (C=O) groups is 1. The Morgan fingerprint density at radius 3 is 2.90 bits per heavy atom. The predicted molar refractivity (Wildman–Crippen MR) is 120 cm³/mol. The number of thiophene rings is 1. The van der Waals surface area contributed by atoms with Crippen molar-refractivity contribution < 1.29 is 4.79 Å². The molecule has 1 aliphatic heterocycles. The maximum absolute atomic E-state index is 12.9. The SMILES string of the molecule is CC1CC(N)CN(c2ccncc2NC(=O)c2ccc3sc(C(C)C)cc3n2)C1. The highest BCUT2D eigenvalue weighted by Gasteiger charge is 2.24. The van der Waals surface area contributed by atoms with Crippen LogP contribution in [0.2, 0.25) is 0 Å². The summed E-state index contributed by atoms with van der Waals surface area (Å²) in [7, 11) is 0. The van der Waals surface area contributed by atoms with E-state index in [9.17, 15) is 4.79 Å². The minimum absolute atomic E-state index is 0.133. The van der Waals surface area contributed by atoms with Crippen LogP contribution in [0.3, 0.4) is 0 Å². The normalized spacial score (nSPS) is 19.7. The molecule has 3 aromatic rings. The fourth-order valence-corrected chi connectivity index (χ4v) is 4.90. The zero-order chi connectivity index (χ0) is 20.5. The van der Waals surface area contributed by atoms with Gasteiger partial charge in [0.2, 0.25) is 0 Å². The van der Waals surface area contributed by atoms with Gasteiger partial charge >= 0.3 is 0 Å². The van der Waals surface area contributed by atoms with E-state index in [1.54, 1.807) is 29.8 Å². The summed E-state index contributed by atoms with van der Waals surface area (Å²) in [5.74, 6) is 0.726. The van der Waals surface area contributed by atoms with E-state index in [-0.39, 0.29) is 11.9 Å². The predicted octanol–water partition coefficient (Wildman–Crippen LogP) is 4.24. The molecule has 3 aromatic heterocycles. The van der Waals surface area contributed by atoms with Gasteiger partial charge in [-0.1, -0.05) is 20.8 Å². The molecule has 0 saturated carbocycles. The first-order valence-corrected chi connectivity index (χ1v) is 10.9. The largest absolute Gasteiger partial charge is 0.368 e. The molecule has 4 heterocycles. The summed E-state index contributed by atoms with van der Waals surface area (Å²) in [6.45, 7) is 8.22. The topological polar surface area (TPSA) is 84.1 Å². The van der Waals surface area contributed by atoms with Gasteiger partial charge in [-0.25, -0.2) is 4.98 Å². The van der Waals surface area contributed by atoms with Crippen LogP contribution >= 0.6 is 11.3 Å². The van der Waals surface area contributed by atoms with Crippen molar-refractivity contribution in [3.05, 3.63) is 47.2 Å². The third kappa shape index (κ3) is 4.26. The molecule has 152 valence electrons. The number of hydrogen-bond donors (Lipinski definition) is 2. The number of nitrogens with zero attached hydrogens (tertiary/aromatic N) is 3. The number of amides is 1. The summed E-state index contributed by atoms with van der Waals surface area (Å²) >= 11 is 1.73. The molecule has 2 unspecified atom stereocenters. The Morgan fingerprint density at radius 2 is 2.14 bits per heavy atom. The Kier molecular flexibility index (Phi) is 5.52. The molecule has 1 fully saturated rings. The monoisotopic (exact) mass is 409 g/mol. The van der Waals surface area contributed by atoms with Crippen LogP contribution in [0.1, 0.15) is 48.5 Å². The highest BCUT2D eigenvalue weighted by atomic mass is 32.1.